The molecule has 1 aliphatic rings. The van der Waals surface area contributed by atoms with Gasteiger partial charge in [0.15, 0.2) is 0 Å². The van der Waals surface area contributed by atoms with Gasteiger partial charge in [-0.25, -0.2) is 0 Å². The van der Waals surface area contributed by atoms with E-state index in [0.717, 1.165) is 13.2 Å². The van der Waals surface area contributed by atoms with E-state index < -0.39 is 8.07 Å². The van der Waals surface area contributed by atoms with E-state index in [1.165, 1.54) is 22.4 Å². The van der Waals surface area contributed by atoms with Crippen molar-refractivity contribution >= 4 is 37.7 Å². The van der Waals surface area contributed by atoms with Gasteiger partial charge in [-0.1, -0.05) is 43.3 Å². The quantitative estimate of drug-likeness (QED) is 0.386. The number of hydrogen-bond acceptors (Lipinski definition) is 2. The topological polar surface area (TPSA) is 6.48 Å². The van der Waals surface area contributed by atoms with E-state index in [0.29, 0.717) is 0 Å². The Labute approximate surface area is 153 Å². The third-order valence-electron chi connectivity index (χ3n) is 3.46. The van der Waals surface area contributed by atoms with Gasteiger partial charge in [0.2, 0.25) is 0 Å². The van der Waals surface area contributed by atoms with E-state index in [1.807, 2.05) is 0 Å². The van der Waals surface area contributed by atoms with Crippen molar-refractivity contribution < 1.29 is 0 Å². The SMILES string of the molecule is Cc1cc(C)c(N2C=CN(CC#C[Si](C)(C)C)C2)c(C)c1.I. The molecule has 1 heterocycles. The fraction of sp³-hybridized carbons (Fsp3) is 0.444. The van der Waals surface area contributed by atoms with Gasteiger partial charge in [0.25, 0.3) is 0 Å². The number of nitrogens with zero attached hydrogens (tertiary/aromatic N) is 2. The second-order valence-corrected chi connectivity index (χ2v) is 11.7. The van der Waals surface area contributed by atoms with E-state index in [4.69, 9.17) is 0 Å². The molecule has 0 aromatic heterocycles. The second-order valence-electron chi connectivity index (χ2n) is 6.96. The van der Waals surface area contributed by atoms with Crippen molar-refractivity contribution in [3.8, 4) is 11.5 Å². The molecular weight excluding hydrogens is 399 g/mol. The number of anilines is 1. The maximum Gasteiger partial charge on any atom is 0.129 e. The predicted molar refractivity (Wildman–Crippen MR) is 110 cm³/mol. The molecular formula is C18H27IN2Si. The van der Waals surface area contributed by atoms with Crippen LogP contribution < -0.4 is 4.90 Å². The normalized spacial score (nSPS) is 13.7. The first-order chi connectivity index (χ1) is 9.76. The van der Waals surface area contributed by atoms with E-state index in [2.05, 4.69) is 86.2 Å². The lowest BCUT2D eigenvalue weighted by atomic mass is 10.0. The number of rotatable bonds is 2. The van der Waals surface area contributed by atoms with Crippen LogP contribution in [0.25, 0.3) is 0 Å². The van der Waals surface area contributed by atoms with Crippen LogP contribution in [0.15, 0.2) is 24.5 Å². The smallest absolute Gasteiger partial charge is 0.129 e. The Balaban J connectivity index is 0.00000242. The lowest BCUT2D eigenvalue weighted by Gasteiger charge is -2.24. The van der Waals surface area contributed by atoms with Crippen molar-refractivity contribution in [2.75, 3.05) is 18.1 Å². The van der Waals surface area contributed by atoms with Gasteiger partial charge in [0.05, 0.1) is 13.2 Å². The van der Waals surface area contributed by atoms with Crippen LogP contribution in [0.4, 0.5) is 5.69 Å². The summed E-state index contributed by atoms with van der Waals surface area (Å²) in [5.74, 6) is 3.34. The Hall–Kier alpha value is -0.933. The van der Waals surface area contributed by atoms with Crippen LogP contribution in [-0.2, 0) is 0 Å². The summed E-state index contributed by atoms with van der Waals surface area (Å²) in [5.41, 5.74) is 8.77. The highest BCUT2D eigenvalue weighted by Crippen LogP contribution is 2.28. The molecule has 0 atom stereocenters. The van der Waals surface area contributed by atoms with Crippen LogP contribution in [-0.4, -0.2) is 26.2 Å². The molecule has 0 radical (unpaired) electrons. The van der Waals surface area contributed by atoms with Gasteiger partial charge in [0.1, 0.15) is 8.07 Å². The maximum absolute atomic E-state index is 3.43. The molecule has 22 heavy (non-hydrogen) atoms. The minimum Gasteiger partial charge on any atom is -0.347 e. The van der Waals surface area contributed by atoms with E-state index in [-0.39, 0.29) is 24.0 Å². The molecule has 2 rings (SSSR count). The summed E-state index contributed by atoms with van der Waals surface area (Å²) in [5, 5.41) is 0. The summed E-state index contributed by atoms with van der Waals surface area (Å²) in [4.78, 5) is 4.59. The monoisotopic (exact) mass is 426 g/mol. The van der Waals surface area contributed by atoms with Crippen LogP contribution in [0.3, 0.4) is 0 Å². The molecule has 1 aromatic rings. The van der Waals surface area contributed by atoms with Crippen LogP contribution in [0.1, 0.15) is 16.7 Å². The van der Waals surface area contributed by atoms with Crippen molar-refractivity contribution in [2.45, 2.75) is 40.4 Å². The van der Waals surface area contributed by atoms with E-state index in [1.54, 1.807) is 0 Å². The number of benzene rings is 1. The lowest BCUT2D eigenvalue weighted by molar-refractivity contribution is 0.457. The predicted octanol–water partition coefficient (Wildman–Crippen LogP) is 4.66. The summed E-state index contributed by atoms with van der Waals surface area (Å²) in [6.07, 6.45) is 4.32. The summed E-state index contributed by atoms with van der Waals surface area (Å²) in [7, 11) is -1.26. The van der Waals surface area contributed by atoms with Crippen LogP contribution in [0, 0.1) is 32.2 Å². The van der Waals surface area contributed by atoms with Gasteiger partial charge in [-0.3, -0.25) is 0 Å². The Morgan fingerprint density at radius 3 is 2.18 bits per heavy atom. The molecule has 0 saturated carbocycles. The Morgan fingerprint density at radius 2 is 1.64 bits per heavy atom. The molecule has 0 bridgehead atoms. The highest BCUT2D eigenvalue weighted by Gasteiger charge is 2.17. The van der Waals surface area contributed by atoms with Gasteiger partial charge in [-0.05, 0) is 31.9 Å². The fourth-order valence-electron chi connectivity index (χ4n) is 2.74. The minimum atomic E-state index is -1.26. The standard InChI is InChI=1S/C18H26N2Si.HI/c1-15-12-16(2)18(17(3)13-15)20-10-9-19(14-20)8-7-11-21(4,5)6;/h9-10,12-13H,8,14H2,1-6H3;1H. The van der Waals surface area contributed by atoms with E-state index >= 15 is 0 Å². The van der Waals surface area contributed by atoms with Crippen molar-refractivity contribution in [2.24, 2.45) is 0 Å². The number of hydrogen-bond donors (Lipinski definition) is 0. The van der Waals surface area contributed by atoms with Gasteiger partial charge in [-0.2, -0.15) is 0 Å². The zero-order chi connectivity index (χ0) is 15.6. The van der Waals surface area contributed by atoms with Crippen molar-refractivity contribution in [1.82, 2.24) is 4.90 Å². The van der Waals surface area contributed by atoms with Crippen molar-refractivity contribution in [3.63, 3.8) is 0 Å². The van der Waals surface area contributed by atoms with Gasteiger partial charge >= 0.3 is 0 Å². The summed E-state index contributed by atoms with van der Waals surface area (Å²) >= 11 is 0. The Bertz CT molecular complexity index is 597. The zero-order valence-corrected chi connectivity index (χ0v) is 17.9. The molecule has 4 heteroatoms. The molecule has 0 saturated heterocycles. The van der Waals surface area contributed by atoms with Gasteiger partial charge in [-0.15, -0.1) is 29.5 Å². The van der Waals surface area contributed by atoms with Crippen LogP contribution in [0.5, 0.6) is 0 Å². The zero-order valence-electron chi connectivity index (χ0n) is 14.5. The van der Waals surface area contributed by atoms with Gasteiger partial charge in [0, 0.05) is 18.1 Å². The van der Waals surface area contributed by atoms with Crippen LogP contribution in [0.2, 0.25) is 19.6 Å². The average molecular weight is 426 g/mol. The number of halogens is 1. The third kappa shape index (κ3) is 5.06. The molecule has 0 aliphatic carbocycles. The first-order valence-corrected chi connectivity index (χ1v) is 11.0. The second kappa shape index (κ2) is 7.56. The van der Waals surface area contributed by atoms with Crippen molar-refractivity contribution in [1.29, 1.82) is 0 Å². The average Bonchev–Trinajstić information content (AvgIpc) is 2.74. The molecule has 1 aromatic carbocycles. The van der Waals surface area contributed by atoms with Crippen LogP contribution >= 0.6 is 24.0 Å². The summed E-state index contributed by atoms with van der Waals surface area (Å²) < 4.78 is 0. The molecule has 2 nitrogen and oxygen atoms in total. The Kier molecular flexibility index (Phi) is 6.57. The largest absolute Gasteiger partial charge is 0.347 e. The third-order valence-corrected chi connectivity index (χ3v) is 4.39. The highest BCUT2D eigenvalue weighted by molar-refractivity contribution is 14.0. The fourth-order valence-corrected chi connectivity index (χ4v) is 3.35. The molecule has 0 unspecified atom stereocenters. The maximum atomic E-state index is 3.43. The summed E-state index contributed by atoms with van der Waals surface area (Å²) in [6, 6.07) is 4.51. The Morgan fingerprint density at radius 1 is 1.05 bits per heavy atom. The molecule has 0 spiro atoms. The lowest BCUT2D eigenvalue weighted by Crippen LogP contribution is -2.26. The molecule has 0 amide bonds. The van der Waals surface area contributed by atoms with Crippen molar-refractivity contribution in [3.05, 3.63) is 41.2 Å². The molecule has 120 valence electrons. The minimum absolute atomic E-state index is 0. The first kappa shape index (κ1) is 19.1. The number of aryl methyl sites for hydroxylation is 3. The first-order valence-electron chi connectivity index (χ1n) is 7.53. The van der Waals surface area contributed by atoms with E-state index in [9.17, 15) is 0 Å². The molecule has 1 aliphatic heterocycles. The van der Waals surface area contributed by atoms with Gasteiger partial charge < -0.3 is 9.80 Å². The highest BCUT2D eigenvalue weighted by atomic mass is 127. The molecule has 0 N–H and O–H groups in total. The molecule has 0 fully saturated rings. The summed E-state index contributed by atoms with van der Waals surface area (Å²) in [6.45, 7) is 15.1.